The van der Waals surface area contributed by atoms with E-state index in [9.17, 15) is 14.9 Å². The molecule has 0 aromatic heterocycles. The van der Waals surface area contributed by atoms with Gasteiger partial charge in [0.05, 0.1) is 9.83 Å². The number of nitrogens with zero attached hydrogens (tertiary/aromatic N) is 2. The maximum absolute atomic E-state index is 12.6. The van der Waals surface area contributed by atoms with Crippen LogP contribution in [0.3, 0.4) is 0 Å². The smallest absolute Gasteiger partial charge is 0.270 e. The number of nitro benzene ring substituents is 1. The second-order valence-corrected chi connectivity index (χ2v) is 7.45. The number of thioether (sulfide) groups is 1. The van der Waals surface area contributed by atoms with Crippen molar-refractivity contribution in [1.82, 2.24) is 4.90 Å². The van der Waals surface area contributed by atoms with Gasteiger partial charge in [0, 0.05) is 18.7 Å². The SMILES string of the molecule is O=C1/C(=C/c2cccc([N+](=O)[O-])c2)SC(=S)N1CCCc1ccccc1. The summed E-state index contributed by atoms with van der Waals surface area (Å²) in [4.78, 5) is 25.1. The molecule has 1 amide bonds. The predicted molar refractivity (Wildman–Crippen MR) is 108 cm³/mol. The highest BCUT2D eigenvalue weighted by Gasteiger charge is 2.31. The fraction of sp³-hybridized carbons (Fsp3) is 0.158. The molecular formula is C19H16N2O3S2. The van der Waals surface area contributed by atoms with Gasteiger partial charge in [-0.2, -0.15) is 0 Å². The van der Waals surface area contributed by atoms with Crippen molar-refractivity contribution in [1.29, 1.82) is 0 Å². The largest absolute Gasteiger partial charge is 0.293 e. The average molecular weight is 384 g/mol. The number of thiocarbonyl (C=S) groups is 1. The van der Waals surface area contributed by atoms with Gasteiger partial charge < -0.3 is 0 Å². The molecule has 7 heteroatoms. The van der Waals surface area contributed by atoms with Crippen molar-refractivity contribution in [3.05, 3.63) is 80.7 Å². The number of hydrogen-bond acceptors (Lipinski definition) is 5. The van der Waals surface area contributed by atoms with Gasteiger partial charge in [-0.3, -0.25) is 19.8 Å². The zero-order valence-electron chi connectivity index (χ0n) is 13.8. The number of hydrogen-bond donors (Lipinski definition) is 0. The van der Waals surface area contributed by atoms with Crippen LogP contribution in [-0.2, 0) is 11.2 Å². The highest BCUT2D eigenvalue weighted by Crippen LogP contribution is 2.33. The van der Waals surface area contributed by atoms with E-state index in [2.05, 4.69) is 12.1 Å². The Bertz CT molecular complexity index is 881. The monoisotopic (exact) mass is 384 g/mol. The van der Waals surface area contributed by atoms with Gasteiger partial charge in [-0.25, -0.2) is 0 Å². The van der Waals surface area contributed by atoms with Crippen molar-refractivity contribution in [2.24, 2.45) is 0 Å². The third-order valence-corrected chi connectivity index (χ3v) is 5.32. The Hall–Kier alpha value is -2.51. The van der Waals surface area contributed by atoms with Crippen LogP contribution in [0, 0.1) is 10.1 Å². The maximum Gasteiger partial charge on any atom is 0.270 e. The lowest BCUT2D eigenvalue weighted by molar-refractivity contribution is -0.384. The standard InChI is InChI=1S/C19H16N2O3S2/c22-18-17(13-15-8-4-10-16(12-15)21(23)24)26-19(25)20(18)11-5-9-14-6-2-1-3-7-14/h1-4,6-8,10,12-13H,5,9,11H2/b17-13-. The number of carbonyl (C=O) groups excluding carboxylic acids is 1. The molecule has 3 rings (SSSR count). The Labute approximate surface area is 160 Å². The molecule has 1 heterocycles. The second kappa shape index (κ2) is 8.25. The first kappa shape index (κ1) is 18.3. The average Bonchev–Trinajstić information content (AvgIpc) is 2.90. The lowest BCUT2D eigenvalue weighted by Crippen LogP contribution is -2.29. The molecule has 0 radical (unpaired) electrons. The Morgan fingerprint density at radius 3 is 2.65 bits per heavy atom. The van der Waals surface area contributed by atoms with Crippen molar-refractivity contribution in [2.45, 2.75) is 12.8 Å². The van der Waals surface area contributed by atoms with Gasteiger partial charge in [0.1, 0.15) is 4.32 Å². The minimum Gasteiger partial charge on any atom is -0.293 e. The molecule has 5 nitrogen and oxygen atoms in total. The number of aryl methyl sites for hydroxylation is 1. The number of amides is 1. The highest BCUT2D eigenvalue weighted by molar-refractivity contribution is 8.26. The Morgan fingerprint density at radius 2 is 1.92 bits per heavy atom. The fourth-order valence-corrected chi connectivity index (χ4v) is 3.97. The molecule has 1 aliphatic heterocycles. The number of non-ortho nitro benzene ring substituents is 1. The lowest BCUT2D eigenvalue weighted by Gasteiger charge is -2.14. The minimum atomic E-state index is -0.452. The number of rotatable bonds is 6. The summed E-state index contributed by atoms with van der Waals surface area (Å²) >= 11 is 6.56. The summed E-state index contributed by atoms with van der Waals surface area (Å²) in [5.74, 6) is -0.139. The first-order valence-corrected chi connectivity index (χ1v) is 9.31. The van der Waals surface area contributed by atoms with Crippen LogP contribution in [0.1, 0.15) is 17.5 Å². The molecule has 132 valence electrons. The van der Waals surface area contributed by atoms with Gasteiger partial charge in [-0.05, 0) is 30.0 Å². The fourth-order valence-electron chi connectivity index (χ4n) is 2.66. The predicted octanol–water partition coefficient (Wildman–Crippen LogP) is 4.43. The minimum absolute atomic E-state index is 0.00269. The summed E-state index contributed by atoms with van der Waals surface area (Å²) in [6.45, 7) is 0.561. The van der Waals surface area contributed by atoms with Crippen molar-refractivity contribution in [3.63, 3.8) is 0 Å². The van der Waals surface area contributed by atoms with Crippen LogP contribution >= 0.6 is 24.0 Å². The molecule has 0 saturated carbocycles. The third-order valence-electron chi connectivity index (χ3n) is 3.94. The van der Waals surface area contributed by atoms with E-state index in [0.29, 0.717) is 21.3 Å². The first-order chi connectivity index (χ1) is 12.5. The van der Waals surface area contributed by atoms with E-state index in [4.69, 9.17) is 12.2 Å². The molecule has 0 atom stereocenters. The molecule has 26 heavy (non-hydrogen) atoms. The van der Waals surface area contributed by atoms with Crippen LogP contribution in [0.15, 0.2) is 59.5 Å². The van der Waals surface area contributed by atoms with Gasteiger partial charge in [0.25, 0.3) is 11.6 Å². The summed E-state index contributed by atoms with van der Waals surface area (Å²) in [7, 11) is 0. The van der Waals surface area contributed by atoms with E-state index < -0.39 is 4.92 Å². The molecule has 2 aromatic carbocycles. The third kappa shape index (κ3) is 4.36. The maximum atomic E-state index is 12.6. The van der Waals surface area contributed by atoms with Gasteiger partial charge in [0.2, 0.25) is 0 Å². The molecule has 0 spiro atoms. The molecule has 0 aliphatic carbocycles. The molecule has 1 aliphatic rings. The Balaban J connectivity index is 1.66. The van der Waals surface area contributed by atoms with E-state index in [1.807, 2.05) is 18.2 Å². The van der Waals surface area contributed by atoms with Crippen molar-refractivity contribution in [3.8, 4) is 0 Å². The molecule has 0 N–H and O–H groups in total. The van der Waals surface area contributed by atoms with E-state index >= 15 is 0 Å². The van der Waals surface area contributed by atoms with Gasteiger partial charge in [0.15, 0.2) is 0 Å². The molecule has 0 bridgehead atoms. The normalized spacial score (nSPS) is 15.7. The first-order valence-electron chi connectivity index (χ1n) is 8.08. The van der Waals surface area contributed by atoms with Crippen molar-refractivity contribution < 1.29 is 9.72 Å². The molecule has 1 saturated heterocycles. The molecule has 1 fully saturated rings. The topological polar surface area (TPSA) is 63.4 Å². The van der Waals surface area contributed by atoms with Crippen molar-refractivity contribution >= 4 is 46.0 Å². The Kier molecular flexibility index (Phi) is 5.80. The van der Waals surface area contributed by atoms with Crippen LogP contribution in [0.25, 0.3) is 6.08 Å². The highest BCUT2D eigenvalue weighted by atomic mass is 32.2. The quantitative estimate of drug-likeness (QED) is 0.319. The van der Waals surface area contributed by atoms with Gasteiger partial charge in [-0.1, -0.05) is 66.4 Å². The van der Waals surface area contributed by atoms with Crippen molar-refractivity contribution in [2.75, 3.05) is 6.54 Å². The van der Waals surface area contributed by atoms with E-state index in [1.165, 1.54) is 29.5 Å². The Morgan fingerprint density at radius 1 is 1.15 bits per heavy atom. The number of benzene rings is 2. The zero-order valence-corrected chi connectivity index (χ0v) is 15.5. The van der Waals surface area contributed by atoms with Crippen LogP contribution in [-0.4, -0.2) is 26.6 Å². The lowest BCUT2D eigenvalue weighted by atomic mass is 10.1. The summed E-state index contributed by atoms with van der Waals surface area (Å²) < 4.78 is 0.528. The van der Waals surface area contributed by atoms with E-state index in [0.717, 1.165) is 12.8 Å². The molecular weight excluding hydrogens is 368 g/mol. The number of carbonyl (C=O) groups is 1. The number of nitro groups is 1. The van der Waals surface area contributed by atoms with E-state index in [1.54, 1.807) is 23.1 Å². The van der Waals surface area contributed by atoms with E-state index in [-0.39, 0.29) is 11.6 Å². The zero-order chi connectivity index (χ0) is 18.5. The summed E-state index contributed by atoms with van der Waals surface area (Å²) in [6.07, 6.45) is 3.35. The second-order valence-electron chi connectivity index (χ2n) is 5.77. The van der Waals surface area contributed by atoms with Crippen LogP contribution in [0.5, 0.6) is 0 Å². The molecule has 0 unspecified atom stereocenters. The van der Waals surface area contributed by atoms with Gasteiger partial charge >= 0.3 is 0 Å². The van der Waals surface area contributed by atoms with Crippen LogP contribution < -0.4 is 0 Å². The van der Waals surface area contributed by atoms with Gasteiger partial charge in [-0.15, -0.1) is 0 Å². The summed E-state index contributed by atoms with van der Waals surface area (Å²) in [5.41, 5.74) is 1.84. The van der Waals surface area contributed by atoms with Crippen LogP contribution in [0.4, 0.5) is 5.69 Å². The molecule has 2 aromatic rings. The summed E-state index contributed by atoms with van der Waals surface area (Å²) in [5, 5.41) is 10.9. The summed E-state index contributed by atoms with van der Waals surface area (Å²) in [6, 6.07) is 16.3. The van der Waals surface area contributed by atoms with Crippen LogP contribution in [0.2, 0.25) is 0 Å².